The summed E-state index contributed by atoms with van der Waals surface area (Å²) in [5.41, 5.74) is 4.29. The third-order valence-electron chi connectivity index (χ3n) is 7.20. The molecule has 37 heavy (non-hydrogen) atoms. The minimum absolute atomic E-state index is 0.0680. The number of hydrogen-bond acceptors (Lipinski definition) is 5. The Labute approximate surface area is 220 Å². The molecule has 2 aliphatic carbocycles. The fourth-order valence-electron chi connectivity index (χ4n) is 5.64. The number of anilines is 1. The molecule has 0 fully saturated rings. The van der Waals surface area contributed by atoms with Crippen molar-refractivity contribution in [1.82, 2.24) is 4.90 Å². The number of ether oxygens (including phenoxy) is 1. The van der Waals surface area contributed by atoms with Gasteiger partial charge < -0.3 is 15.0 Å². The van der Waals surface area contributed by atoms with Gasteiger partial charge >= 0.3 is 0 Å². The maximum Gasteiger partial charge on any atom is 0.262 e. The van der Waals surface area contributed by atoms with Crippen molar-refractivity contribution in [2.75, 3.05) is 18.5 Å². The van der Waals surface area contributed by atoms with Gasteiger partial charge in [-0.1, -0.05) is 29.8 Å². The molecule has 3 aliphatic rings. The summed E-state index contributed by atoms with van der Waals surface area (Å²) in [6.45, 7) is 2.41. The van der Waals surface area contributed by atoms with Crippen LogP contribution in [0.2, 0.25) is 5.02 Å². The van der Waals surface area contributed by atoms with Crippen molar-refractivity contribution < 1.29 is 23.5 Å². The molecule has 0 saturated heterocycles. The van der Waals surface area contributed by atoms with Crippen LogP contribution in [0.5, 0.6) is 5.75 Å². The van der Waals surface area contributed by atoms with E-state index < -0.39 is 17.6 Å². The first kappa shape index (κ1) is 25.2. The van der Waals surface area contributed by atoms with Crippen LogP contribution < -0.4 is 10.1 Å². The number of Topliss-reactive ketones (excluding diaryl/α,β-unsaturated/α-hetero) is 2. The van der Waals surface area contributed by atoms with E-state index in [2.05, 4.69) is 17.1 Å². The van der Waals surface area contributed by atoms with Crippen LogP contribution in [0.3, 0.4) is 0 Å². The second-order valence-electron chi connectivity index (χ2n) is 9.46. The Balaban J connectivity index is 1.43. The molecule has 2 aromatic carbocycles. The number of carbonyl (C=O) groups excluding carboxylic acids is 3. The lowest BCUT2D eigenvalue weighted by atomic mass is 9.71. The molecule has 8 heteroatoms. The summed E-state index contributed by atoms with van der Waals surface area (Å²) in [6, 6.07) is 11.1. The smallest absolute Gasteiger partial charge is 0.262 e. The van der Waals surface area contributed by atoms with Gasteiger partial charge in [-0.25, -0.2) is 4.39 Å². The van der Waals surface area contributed by atoms with E-state index in [1.54, 1.807) is 24.3 Å². The van der Waals surface area contributed by atoms with Gasteiger partial charge in [0, 0.05) is 47.8 Å². The van der Waals surface area contributed by atoms with Crippen LogP contribution >= 0.6 is 11.6 Å². The second-order valence-corrected chi connectivity index (χ2v) is 9.87. The van der Waals surface area contributed by atoms with Crippen molar-refractivity contribution in [1.29, 1.82) is 0 Å². The number of nitrogens with zero attached hydrogens (tertiary/aromatic N) is 1. The minimum Gasteiger partial charge on any atom is -0.482 e. The van der Waals surface area contributed by atoms with E-state index in [1.165, 1.54) is 18.2 Å². The average Bonchev–Trinajstić information content (AvgIpc) is 2.88. The lowest BCUT2D eigenvalue weighted by Gasteiger charge is -2.43. The van der Waals surface area contributed by atoms with E-state index in [-0.39, 0.29) is 34.6 Å². The molecule has 1 heterocycles. The zero-order valence-corrected chi connectivity index (χ0v) is 21.4. The predicted octanol–water partition coefficient (Wildman–Crippen LogP) is 5.93. The number of rotatable bonds is 6. The number of carbonyl (C=O) groups is 3. The number of para-hydroxylation sites is 1. The molecular weight excluding hydrogens is 495 g/mol. The third-order valence-corrected chi connectivity index (χ3v) is 7.49. The summed E-state index contributed by atoms with van der Waals surface area (Å²) in [7, 11) is 0. The van der Waals surface area contributed by atoms with Crippen LogP contribution in [-0.4, -0.2) is 35.5 Å². The zero-order valence-electron chi connectivity index (χ0n) is 20.6. The van der Waals surface area contributed by atoms with E-state index >= 15 is 0 Å². The van der Waals surface area contributed by atoms with Gasteiger partial charge in [-0.3, -0.25) is 14.4 Å². The van der Waals surface area contributed by atoms with E-state index in [9.17, 15) is 18.8 Å². The Bertz CT molecular complexity index is 1310. The molecule has 1 aliphatic heterocycles. The Hall–Kier alpha value is -3.45. The van der Waals surface area contributed by atoms with Gasteiger partial charge in [0.1, 0.15) is 11.6 Å². The van der Waals surface area contributed by atoms with E-state index in [1.807, 2.05) is 0 Å². The molecule has 2 aromatic rings. The summed E-state index contributed by atoms with van der Waals surface area (Å²) in [6.07, 6.45) is 4.16. The number of hydrogen-bond donors (Lipinski definition) is 1. The zero-order chi connectivity index (χ0) is 26.1. The van der Waals surface area contributed by atoms with Crippen molar-refractivity contribution in [2.24, 2.45) is 0 Å². The fourth-order valence-corrected chi connectivity index (χ4v) is 5.88. The maximum absolute atomic E-state index is 13.8. The van der Waals surface area contributed by atoms with Gasteiger partial charge in [-0.05, 0) is 62.4 Å². The van der Waals surface area contributed by atoms with Gasteiger partial charge in [0.05, 0.1) is 10.7 Å². The first-order chi connectivity index (χ1) is 17.9. The summed E-state index contributed by atoms with van der Waals surface area (Å²) < 4.78 is 19.4. The van der Waals surface area contributed by atoms with E-state index in [4.69, 9.17) is 16.3 Å². The summed E-state index contributed by atoms with van der Waals surface area (Å²) in [5.74, 6) is -1.07. The number of allylic oxidation sites excluding steroid dienone is 4. The third kappa shape index (κ3) is 4.80. The van der Waals surface area contributed by atoms with Gasteiger partial charge in [0.25, 0.3) is 5.91 Å². The molecular formula is C29H28ClFN2O4. The van der Waals surface area contributed by atoms with Crippen LogP contribution in [0.4, 0.5) is 10.1 Å². The van der Waals surface area contributed by atoms with Gasteiger partial charge in [0.15, 0.2) is 18.2 Å². The highest BCUT2D eigenvalue weighted by Crippen LogP contribution is 2.49. The summed E-state index contributed by atoms with van der Waals surface area (Å²) >= 11 is 6.57. The van der Waals surface area contributed by atoms with Crippen molar-refractivity contribution in [3.63, 3.8) is 0 Å². The first-order valence-corrected chi connectivity index (χ1v) is 13.0. The van der Waals surface area contributed by atoms with Crippen LogP contribution in [0, 0.1) is 5.82 Å². The molecule has 0 spiro atoms. The lowest BCUT2D eigenvalue weighted by Crippen LogP contribution is -2.39. The fraction of sp³-hybridized carbons (Fsp3) is 0.345. The van der Waals surface area contributed by atoms with Crippen molar-refractivity contribution in [2.45, 2.75) is 51.4 Å². The topological polar surface area (TPSA) is 75.7 Å². The molecule has 0 atom stereocenters. The van der Waals surface area contributed by atoms with Crippen LogP contribution in [0.1, 0.15) is 56.9 Å². The van der Waals surface area contributed by atoms with E-state index in [0.29, 0.717) is 30.5 Å². The van der Waals surface area contributed by atoms with Gasteiger partial charge in [-0.2, -0.15) is 0 Å². The molecule has 192 valence electrons. The normalized spacial score (nSPS) is 18.1. The van der Waals surface area contributed by atoms with Crippen LogP contribution in [0.15, 0.2) is 65.0 Å². The van der Waals surface area contributed by atoms with Gasteiger partial charge in [0.2, 0.25) is 0 Å². The quantitative estimate of drug-likeness (QED) is 0.509. The number of ketones is 2. The van der Waals surface area contributed by atoms with E-state index in [0.717, 1.165) is 42.6 Å². The average molecular weight is 523 g/mol. The number of nitrogens with one attached hydrogen (secondary N) is 1. The Morgan fingerprint density at radius 1 is 1.03 bits per heavy atom. The molecule has 1 amide bonds. The predicted molar refractivity (Wildman–Crippen MR) is 139 cm³/mol. The van der Waals surface area contributed by atoms with Crippen molar-refractivity contribution in [3.05, 3.63) is 81.4 Å². The maximum atomic E-state index is 13.8. The Morgan fingerprint density at radius 3 is 2.27 bits per heavy atom. The Morgan fingerprint density at radius 2 is 1.68 bits per heavy atom. The molecule has 1 N–H and O–H groups in total. The molecule has 0 saturated carbocycles. The number of halogens is 2. The van der Waals surface area contributed by atoms with Gasteiger partial charge in [-0.15, -0.1) is 0 Å². The molecule has 0 aromatic heterocycles. The first-order valence-electron chi connectivity index (χ1n) is 12.7. The number of amides is 1. The summed E-state index contributed by atoms with van der Waals surface area (Å²) in [4.78, 5) is 40.9. The molecule has 6 nitrogen and oxygen atoms in total. The molecule has 0 unspecified atom stereocenters. The minimum atomic E-state index is -0.538. The van der Waals surface area contributed by atoms with Crippen molar-refractivity contribution >= 4 is 34.8 Å². The standard InChI is InChI=1S/C29H28ClFN2O4/c1-2-33-21-9-5-11-23(34)28(21)27(29-22(33)10-6-12-24(29)35)17-13-14-25(18(30)15-17)37-16-26(36)32-20-8-4-3-7-19(20)31/h3-4,7-8,13-15,27H,2,5-6,9-12,16H2,1H3,(H,32,36). The van der Waals surface area contributed by atoms with Crippen LogP contribution in [-0.2, 0) is 14.4 Å². The number of benzene rings is 2. The largest absolute Gasteiger partial charge is 0.482 e. The highest BCUT2D eigenvalue weighted by Gasteiger charge is 2.42. The molecule has 0 bridgehead atoms. The van der Waals surface area contributed by atoms with Crippen LogP contribution in [0.25, 0.3) is 0 Å². The molecule has 5 rings (SSSR count). The highest BCUT2D eigenvalue weighted by molar-refractivity contribution is 6.32. The lowest BCUT2D eigenvalue weighted by molar-refractivity contribution is -0.118. The summed E-state index contributed by atoms with van der Waals surface area (Å²) in [5, 5.41) is 2.74. The Kier molecular flexibility index (Phi) is 7.15. The SMILES string of the molecule is CCN1C2=C(C(=O)CCC2)C(c2ccc(OCC(=O)Nc3ccccc3F)c(Cl)c2)C2=C1CCCC2=O. The second kappa shape index (κ2) is 10.5. The highest BCUT2D eigenvalue weighted by atomic mass is 35.5. The molecule has 0 radical (unpaired) electrons. The monoisotopic (exact) mass is 522 g/mol. The van der Waals surface area contributed by atoms with Crippen molar-refractivity contribution in [3.8, 4) is 5.75 Å².